The molecule has 19 heavy (non-hydrogen) atoms. The molecule has 0 amide bonds. The van der Waals surface area contributed by atoms with Gasteiger partial charge in [0.05, 0.1) is 0 Å². The molecular weight excluding hydrogens is 250 g/mol. The summed E-state index contributed by atoms with van der Waals surface area (Å²) in [5, 5.41) is 6.06. The van der Waals surface area contributed by atoms with Crippen LogP contribution in [0.2, 0.25) is 0 Å². The van der Waals surface area contributed by atoms with Crippen molar-refractivity contribution < 1.29 is 0 Å². The monoisotopic (exact) mass is 271 g/mol. The molecule has 0 saturated heterocycles. The van der Waals surface area contributed by atoms with E-state index in [2.05, 4.69) is 54.0 Å². The van der Waals surface area contributed by atoms with E-state index in [0.717, 1.165) is 6.42 Å². The molecule has 2 aromatic rings. The minimum absolute atomic E-state index is 0.526. The third-order valence-corrected chi connectivity index (χ3v) is 4.92. The van der Waals surface area contributed by atoms with Gasteiger partial charge in [0.1, 0.15) is 0 Å². The predicted molar refractivity (Wildman–Crippen MR) is 82.7 cm³/mol. The summed E-state index contributed by atoms with van der Waals surface area (Å²) in [6.45, 7) is 2.30. The van der Waals surface area contributed by atoms with Crippen molar-refractivity contribution >= 4 is 11.3 Å². The Morgan fingerprint density at radius 2 is 2.11 bits per heavy atom. The van der Waals surface area contributed by atoms with E-state index in [1.807, 2.05) is 11.3 Å². The molecule has 0 saturated carbocycles. The Balaban J connectivity index is 1.63. The van der Waals surface area contributed by atoms with Crippen molar-refractivity contribution in [1.82, 2.24) is 5.32 Å². The molecule has 1 aromatic carbocycles. The smallest absolute Gasteiger partial charge is 0.0333 e. The van der Waals surface area contributed by atoms with E-state index in [0.29, 0.717) is 12.1 Å². The van der Waals surface area contributed by atoms with Gasteiger partial charge in [-0.1, -0.05) is 30.3 Å². The van der Waals surface area contributed by atoms with Gasteiger partial charge in [0.15, 0.2) is 0 Å². The molecule has 0 spiro atoms. The average molecular weight is 271 g/mol. The highest BCUT2D eigenvalue weighted by Crippen LogP contribution is 2.33. The summed E-state index contributed by atoms with van der Waals surface area (Å²) in [5.74, 6) is 0. The van der Waals surface area contributed by atoms with Crippen molar-refractivity contribution in [3.63, 3.8) is 0 Å². The molecule has 3 rings (SSSR count). The zero-order valence-electron chi connectivity index (χ0n) is 11.4. The third-order valence-electron chi connectivity index (χ3n) is 3.92. The number of benzene rings is 1. The SMILES string of the molecule is CC(Cc1ccccc1)NC1CCCc2sccc21. The largest absolute Gasteiger partial charge is 0.307 e. The first kappa shape index (κ1) is 12.9. The Bertz CT molecular complexity index is 517. The number of rotatable bonds is 4. The van der Waals surface area contributed by atoms with Crippen LogP contribution in [-0.4, -0.2) is 6.04 Å². The highest BCUT2D eigenvalue weighted by molar-refractivity contribution is 7.10. The van der Waals surface area contributed by atoms with Gasteiger partial charge in [0.2, 0.25) is 0 Å². The molecule has 0 fully saturated rings. The van der Waals surface area contributed by atoms with Gasteiger partial charge in [0, 0.05) is 17.0 Å². The fraction of sp³-hybridized carbons (Fsp3) is 0.412. The Hall–Kier alpha value is -1.12. The topological polar surface area (TPSA) is 12.0 Å². The van der Waals surface area contributed by atoms with Gasteiger partial charge in [-0.05, 0) is 55.2 Å². The van der Waals surface area contributed by atoms with E-state index in [-0.39, 0.29) is 0 Å². The molecule has 1 aliphatic carbocycles. The van der Waals surface area contributed by atoms with Crippen LogP contribution in [0.4, 0.5) is 0 Å². The van der Waals surface area contributed by atoms with Gasteiger partial charge in [-0.3, -0.25) is 0 Å². The van der Waals surface area contributed by atoms with Crippen LogP contribution in [0.1, 0.15) is 41.8 Å². The van der Waals surface area contributed by atoms with Crippen molar-refractivity contribution in [2.24, 2.45) is 0 Å². The lowest BCUT2D eigenvalue weighted by Crippen LogP contribution is -2.33. The van der Waals surface area contributed by atoms with Gasteiger partial charge in [-0.15, -0.1) is 11.3 Å². The summed E-state index contributed by atoms with van der Waals surface area (Å²) < 4.78 is 0. The zero-order chi connectivity index (χ0) is 13.1. The second kappa shape index (κ2) is 5.89. The summed E-state index contributed by atoms with van der Waals surface area (Å²) >= 11 is 1.92. The van der Waals surface area contributed by atoms with Crippen LogP contribution in [0.5, 0.6) is 0 Å². The third kappa shape index (κ3) is 3.07. The highest BCUT2D eigenvalue weighted by atomic mass is 32.1. The van der Waals surface area contributed by atoms with Crippen LogP contribution in [-0.2, 0) is 12.8 Å². The molecule has 0 radical (unpaired) electrons. The molecule has 1 aliphatic rings. The zero-order valence-corrected chi connectivity index (χ0v) is 12.2. The maximum absolute atomic E-state index is 3.82. The Kier molecular flexibility index (Phi) is 4.00. The van der Waals surface area contributed by atoms with Gasteiger partial charge in [0.25, 0.3) is 0 Å². The second-order valence-electron chi connectivity index (χ2n) is 5.50. The lowest BCUT2D eigenvalue weighted by molar-refractivity contribution is 0.409. The predicted octanol–water partition coefficient (Wildman–Crippen LogP) is 4.35. The number of aryl methyl sites for hydroxylation is 1. The number of hydrogen-bond acceptors (Lipinski definition) is 2. The average Bonchev–Trinajstić information content (AvgIpc) is 2.89. The van der Waals surface area contributed by atoms with Gasteiger partial charge >= 0.3 is 0 Å². The van der Waals surface area contributed by atoms with E-state index < -0.39 is 0 Å². The Morgan fingerprint density at radius 1 is 1.26 bits per heavy atom. The molecule has 2 atom stereocenters. The van der Waals surface area contributed by atoms with Crippen LogP contribution < -0.4 is 5.32 Å². The van der Waals surface area contributed by atoms with Crippen molar-refractivity contribution in [2.75, 3.05) is 0 Å². The van der Waals surface area contributed by atoms with Crippen LogP contribution in [0.25, 0.3) is 0 Å². The summed E-state index contributed by atoms with van der Waals surface area (Å²) in [6, 6.07) is 14.2. The first-order chi connectivity index (χ1) is 9.33. The quantitative estimate of drug-likeness (QED) is 0.872. The number of hydrogen-bond donors (Lipinski definition) is 1. The van der Waals surface area contributed by atoms with Crippen LogP contribution in [0, 0.1) is 0 Å². The van der Waals surface area contributed by atoms with Gasteiger partial charge in [-0.2, -0.15) is 0 Å². The van der Waals surface area contributed by atoms with Crippen molar-refractivity contribution in [3.05, 3.63) is 57.8 Å². The normalized spacial score (nSPS) is 19.9. The van der Waals surface area contributed by atoms with Crippen molar-refractivity contribution in [2.45, 2.75) is 44.7 Å². The molecule has 0 bridgehead atoms. The molecule has 100 valence electrons. The van der Waals surface area contributed by atoms with Crippen molar-refractivity contribution in [3.8, 4) is 0 Å². The van der Waals surface area contributed by atoms with E-state index >= 15 is 0 Å². The van der Waals surface area contributed by atoms with Gasteiger partial charge < -0.3 is 5.32 Å². The molecular formula is C17H21NS. The van der Waals surface area contributed by atoms with Gasteiger partial charge in [-0.25, -0.2) is 0 Å². The van der Waals surface area contributed by atoms with Crippen LogP contribution in [0.15, 0.2) is 41.8 Å². The molecule has 1 aromatic heterocycles. The first-order valence-electron chi connectivity index (χ1n) is 7.19. The summed E-state index contributed by atoms with van der Waals surface area (Å²) in [6.07, 6.45) is 4.99. The summed E-state index contributed by atoms with van der Waals surface area (Å²) in [5.41, 5.74) is 2.97. The second-order valence-corrected chi connectivity index (χ2v) is 6.50. The summed E-state index contributed by atoms with van der Waals surface area (Å²) in [7, 11) is 0. The molecule has 1 nitrogen and oxygen atoms in total. The Morgan fingerprint density at radius 3 is 2.95 bits per heavy atom. The highest BCUT2D eigenvalue weighted by Gasteiger charge is 2.22. The molecule has 1 N–H and O–H groups in total. The molecule has 1 heterocycles. The van der Waals surface area contributed by atoms with Crippen LogP contribution >= 0.6 is 11.3 Å². The number of nitrogens with one attached hydrogen (secondary N) is 1. The first-order valence-corrected chi connectivity index (χ1v) is 8.07. The maximum atomic E-state index is 3.82. The van der Waals surface area contributed by atoms with Crippen molar-refractivity contribution in [1.29, 1.82) is 0 Å². The van der Waals surface area contributed by atoms with E-state index in [9.17, 15) is 0 Å². The maximum Gasteiger partial charge on any atom is 0.0333 e. The van der Waals surface area contributed by atoms with E-state index in [1.54, 1.807) is 10.4 Å². The molecule has 0 aliphatic heterocycles. The lowest BCUT2D eigenvalue weighted by atomic mass is 9.93. The number of fused-ring (bicyclic) bond motifs is 1. The van der Waals surface area contributed by atoms with E-state index in [1.165, 1.54) is 24.8 Å². The van der Waals surface area contributed by atoms with Crippen LogP contribution in [0.3, 0.4) is 0 Å². The Labute approximate surface area is 119 Å². The summed E-state index contributed by atoms with van der Waals surface area (Å²) in [4.78, 5) is 1.59. The standard InChI is InChI=1S/C17H21NS/c1-13(12-14-6-3-2-4-7-14)18-16-8-5-9-17-15(16)10-11-19-17/h2-4,6-7,10-11,13,16,18H,5,8-9,12H2,1H3. The molecule has 2 heteroatoms. The molecule has 2 unspecified atom stereocenters. The fourth-order valence-corrected chi connectivity index (χ4v) is 4.02. The number of thiophene rings is 1. The lowest BCUT2D eigenvalue weighted by Gasteiger charge is -2.27. The minimum Gasteiger partial charge on any atom is -0.307 e. The van der Waals surface area contributed by atoms with E-state index in [4.69, 9.17) is 0 Å². The fourth-order valence-electron chi connectivity index (χ4n) is 3.03. The minimum atomic E-state index is 0.526.